The Kier molecular flexibility index (Phi) is 3.62. The molecule has 4 nitrogen and oxygen atoms in total. The van der Waals surface area contributed by atoms with Gasteiger partial charge in [-0.2, -0.15) is 4.39 Å². The Balaban J connectivity index is 2.34. The first-order valence-corrected chi connectivity index (χ1v) is 5.46. The highest BCUT2D eigenvalue weighted by atomic mass is 19.1. The Morgan fingerprint density at radius 1 is 1.28 bits per heavy atom. The van der Waals surface area contributed by atoms with Crippen molar-refractivity contribution in [3.63, 3.8) is 0 Å². The Labute approximate surface area is 103 Å². The van der Waals surface area contributed by atoms with Crippen molar-refractivity contribution in [2.45, 2.75) is 6.92 Å². The number of aromatic nitrogens is 2. The van der Waals surface area contributed by atoms with Crippen molar-refractivity contribution in [1.82, 2.24) is 9.97 Å². The lowest BCUT2D eigenvalue weighted by Crippen LogP contribution is -2.08. The molecule has 0 atom stereocenters. The number of hydrogen-bond acceptors (Lipinski definition) is 4. The van der Waals surface area contributed by atoms with Crippen molar-refractivity contribution < 1.29 is 13.9 Å². The molecule has 2 heterocycles. The fourth-order valence-electron chi connectivity index (χ4n) is 1.48. The van der Waals surface area contributed by atoms with E-state index in [0.717, 1.165) is 5.56 Å². The van der Waals surface area contributed by atoms with E-state index in [2.05, 4.69) is 9.97 Å². The molecule has 0 spiro atoms. The maximum absolute atomic E-state index is 13.7. The molecule has 18 heavy (non-hydrogen) atoms. The Hall–Kier alpha value is -2.30. The minimum absolute atomic E-state index is 0.158. The van der Waals surface area contributed by atoms with E-state index < -0.39 is 11.9 Å². The second-order valence-corrected chi connectivity index (χ2v) is 3.49. The van der Waals surface area contributed by atoms with Gasteiger partial charge in [0.15, 0.2) is 0 Å². The summed E-state index contributed by atoms with van der Waals surface area (Å²) in [6.07, 6.45) is 3.18. The predicted octanol–water partition coefficient (Wildman–Crippen LogP) is 2.46. The molecular formula is C13H11FN2O2. The lowest BCUT2D eigenvalue weighted by Gasteiger charge is -2.05. The van der Waals surface area contributed by atoms with Crippen LogP contribution in [0.4, 0.5) is 4.39 Å². The van der Waals surface area contributed by atoms with E-state index in [-0.39, 0.29) is 12.2 Å². The number of esters is 1. The van der Waals surface area contributed by atoms with Gasteiger partial charge in [-0.05, 0) is 31.2 Å². The number of pyridine rings is 2. The minimum Gasteiger partial charge on any atom is -0.462 e. The van der Waals surface area contributed by atoms with Crippen LogP contribution in [0.25, 0.3) is 11.3 Å². The van der Waals surface area contributed by atoms with Crippen LogP contribution in [-0.4, -0.2) is 22.5 Å². The Morgan fingerprint density at radius 2 is 2.00 bits per heavy atom. The van der Waals surface area contributed by atoms with Crippen molar-refractivity contribution in [3.8, 4) is 11.3 Å². The number of hydrogen-bond donors (Lipinski definition) is 0. The van der Waals surface area contributed by atoms with Crippen LogP contribution < -0.4 is 0 Å². The zero-order chi connectivity index (χ0) is 13.0. The van der Waals surface area contributed by atoms with E-state index in [1.54, 1.807) is 37.5 Å². The molecule has 2 aromatic rings. The van der Waals surface area contributed by atoms with Crippen LogP contribution in [-0.2, 0) is 4.74 Å². The molecule has 92 valence electrons. The lowest BCUT2D eigenvalue weighted by molar-refractivity contribution is 0.0520. The number of ether oxygens (including phenoxy) is 1. The first-order valence-electron chi connectivity index (χ1n) is 5.46. The molecule has 0 aliphatic carbocycles. The second kappa shape index (κ2) is 5.35. The average molecular weight is 246 g/mol. The summed E-state index contributed by atoms with van der Waals surface area (Å²) < 4.78 is 18.4. The first kappa shape index (κ1) is 12.2. The third-order valence-electron chi connectivity index (χ3n) is 2.32. The zero-order valence-electron chi connectivity index (χ0n) is 9.76. The molecule has 0 fully saturated rings. The highest BCUT2D eigenvalue weighted by Gasteiger charge is 2.14. The van der Waals surface area contributed by atoms with Gasteiger partial charge in [-0.15, -0.1) is 0 Å². The molecule has 0 aliphatic rings. The van der Waals surface area contributed by atoms with Gasteiger partial charge in [-0.3, -0.25) is 4.98 Å². The molecule has 5 heteroatoms. The van der Waals surface area contributed by atoms with Crippen LogP contribution in [0.5, 0.6) is 0 Å². The topological polar surface area (TPSA) is 52.1 Å². The molecule has 0 aliphatic heterocycles. The summed E-state index contributed by atoms with van der Waals surface area (Å²) >= 11 is 0. The van der Waals surface area contributed by atoms with E-state index in [1.165, 1.54) is 6.07 Å². The maximum Gasteiger partial charge on any atom is 0.342 e. The Bertz CT molecular complexity index is 558. The lowest BCUT2D eigenvalue weighted by atomic mass is 10.1. The summed E-state index contributed by atoms with van der Waals surface area (Å²) in [5, 5.41) is 0. The van der Waals surface area contributed by atoms with Crippen LogP contribution in [0.15, 0.2) is 36.7 Å². The molecular weight excluding hydrogens is 235 g/mol. The molecule has 0 saturated carbocycles. The summed E-state index contributed by atoms with van der Waals surface area (Å²) in [6, 6.07) is 6.37. The van der Waals surface area contributed by atoms with Gasteiger partial charge in [-0.25, -0.2) is 9.78 Å². The molecule has 0 N–H and O–H groups in total. The van der Waals surface area contributed by atoms with Crippen LogP contribution >= 0.6 is 0 Å². The maximum atomic E-state index is 13.7. The SMILES string of the molecule is CCOC(=O)c1ccc(-c2ccncc2)nc1F. The van der Waals surface area contributed by atoms with Gasteiger partial charge >= 0.3 is 5.97 Å². The monoisotopic (exact) mass is 246 g/mol. The summed E-state index contributed by atoms with van der Waals surface area (Å²) in [5.74, 6) is -1.54. The molecule has 0 aromatic carbocycles. The van der Waals surface area contributed by atoms with E-state index in [0.29, 0.717) is 5.69 Å². The summed E-state index contributed by atoms with van der Waals surface area (Å²) in [5.41, 5.74) is 1.02. The molecule has 0 unspecified atom stereocenters. The molecule has 2 rings (SSSR count). The van der Waals surface area contributed by atoms with E-state index in [1.807, 2.05) is 0 Å². The number of carbonyl (C=O) groups is 1. The normalized spacial score (nSPS) is 10.1. The summed E-state index contributed by atoms with van der Waals surface area (Å²) in [4.78, 5) is 19.0. The number of carbonyl (C=O) groups excluding carboxylic acids is 1. The third-order valence-corrected chi connectivity index (χ3v) is 2.32. The van der Waals surface area contributed by atoms with Gasteiger partial charge in [0.2, 0.25) is 5.95 Å². The van der Waals surface area contributed by atoms with Crippen LogP contribution in [0, 0.1) is 5.95 Å². The van der Waals surface area contributed by atoms with Gasteiger partial charge in [0.1, 0.15) is 5.56 Å². The van der Waals surface area contributed by atoms with E-state index >= 15 is 0 Å². The first-order chi connectivity index (χ1) is 8.72. The van der Waals surface area contributed by atoms with Crippen LogP contribution in [0.3, 0.4) is 0 Å². The molecule has 0 amide bonds. The van der Waals surface area contributed by atoms with E-state index in [4.69, 9.17) is 4.74 Å². The molecule has 0 bridgehead atoms. The average Bonchev–Trinajstić information content (AvgIpc) is 2.40. The number of halogens is 1. The number of nitrogens with zero attached hydrogens (tertiary/aromatic N) is 2. The third kappa shape index (κ3) is 2.51. The molecule has 2 aromatic heterocycles. The standard InChI is InChI=1S/C13H11FN2O2/c1-2-18-13(17)10-3-4-11(16-12(10)14)9-5-7-15-8-6-9/h3-8H,2H2,1H3. The van der Waals surface area contributed by atoms with Gasteiger partial charge in [0, 0.05) is 18.0 Å². The van der Waals surface area contributed by atoms with Gasteiger partial charge in [0.25, 0.3) is 0 Å². The number of rotatable bonds is 3. The van der Waals surface area contributed by atoms with Crippen molar-refractivity contribution in [2.24, 2.45) is 0 Å². The van der Waals surface area contributed by atoms with Crippen molar-refractivity contribution in [3.05, 3.63) is 48.2 Å². The van der Waals surface area contributed by atoms with Gasteiger partial charge < -0.3 is 4.74 Å². The van der Waals surface area contributed by atoms with Gasteiger partial charge in [-0.1, -0.05) is 0 Å². The fourth-order valence-corrected chi connectivity index (χ4v) is 1.48. The van der Waals surface area contributed by atoms with Crippen molar-refractivity contribution >= 4 is 5.97 Å². The van der Waals surface area contributed by atoms with Crippen molar-refractivity contribution in [1.29, 1.82) is 0 Å². The van der Waals surface area contributed by atoms with Gasteiger partial charge in [0.05, 0.1) is 12.3 Å². The largest absolute Gasteiger partial charge is 0.462 e. The quantitative estimate of drug-likeness (QED) is 0.616. The minimum atomic E-state index is -0.831. The van der Waals surface area contributed by atoms with E-state index in [9.17, 15) is 9.18 Å². The Morgan fingerprint density at radius 3 is 2.61 bits per heavy atom. The highest BCUT2D eigenvalue weighted by Crippen LogP contribution is 2.18. The second-order valence-electron chi connectivity index (χ2n) is 3.49. The zero-order valence-corrected chi connectivity index (χ0v) is 9.76. The molecule has 0 saturated heterocycles. The van der Waals surface area contributed by atoms with Crippen LogP contribution in [0.2, 0.25) is 0 Å². The predicted molar refractivity (Wildman–Crippen MR) is 63.4 cm³/mol. The summed E-state index contributed by atoms with van der Waals surface area (Å²) in [7, 11) is 0. The highest BCUT2D eigenvalue weighted by molar-refractivity contribution is 5.89. The fraction of sp³-hybridized carbons (Fsp3) is 0.154. The van der Waals surface area contributed by atoms with Crippen LogP contribution in [0.1, 0.15) is 17.3 Å². The molecule has 0 radical (unpaired) electrons. The summed E-state index contributed by atoms with van der Waals surface area (Å²) in [6.45, 7) is 1.86. The smallest absolute Gasteiger partial charge is 0.342 e. The van der Waals surface area contributed by atoms with Crippen molar-refractivity contribution in [2.75, 3.05) is 6.61 Å².